The molecule has 5 nitrogen and oxygen atoms in total. The minimum absolute atomic E-state index is 0.139. The molecule has 0 spiro atoms. The molecule has 0 bridgehead atoms. The maximum absolute atomic E-state index is 12.4. The van der Waals surface area contributed by atoms with Crippen LogP contribution in [0.5, 0.6) is 5.75 Å². The van der Waals surface area contributed by atoms with Crippen LogP contribution in [0.3, 0.4) is 0 Å². The molecule has 2 amide bonds. The number of nitrogens with one attached hydrogen (secondary N) is 1. The summed E-state index contributed by atoms with van der Waals surface area (Å²) in [6, 6.07) is 17.3. The number of ether oxygens (including phenoxy) is 2. The fourth-order valence-corrected chi connectivity index (χ4v) is 2.96. The first-order valence-corrected chi connectivity index (χ1v) is 9.11. The van der Waals surface area contributed by atoms with Crippen LogP contribution in [-0.4, -0.2) is 37.2 Å². The van der Waals surface area contributed by atoms with Gasteiger partial charge in [0.25, 0.3) is 0 Å². The molecule has 0 radical (unpaired) electrons. The highest BCUT2D eigenvalue weighted by Crippen LogP contribution is 2.19. The smallest absolute Gasteiger partial charge is 0.321 e. The molecule has 1 heterocycles. The van der Waals surface area contributed by atoms with Crippen molar-refractivity contribution in [3.8, 4) is 5.75 Å². The number of anilines is 1. The van der Waals surface area contributed by atoms with Crippen LogP contribution in [0.2, 0.25) is 0 Å². The maximum Gasteiger partial charge on any atom is 0.321 e. The Morgan fingerprint density at radius 1 is 1.19 bits per heavy atom. The minimum atomic E-state index is -0.139. The SMILES string of the molecule is CN(CC1CCCCO1)C(=O)Nc1cccc(OCc2ccccc2)c1. The van der Waals surface area contributed by atoms with Crippen molar-refractivity contribution in [2.45, 2.75) is 32.0 Å². The summed E-state index contributed by atoms with van der Waals surface area (Å²) in [5.74, 6) is 0.727. The summed E-state index contributed by atoms with van der Waals surface area (Å²) >= 11 is 0. The molecule has 0 aromatic heterocycles. The van der Waals surface area contributed by atoms with E-state index in [1.54, 1.807) is 11.9 Å². The predicted octanol–water partition coefficient (Wildman–Crippen LogP) is 4.30. The van der Waals surface area contributed by atoms with Gasteiger partial charge in [-0.25, -0.2) is 4.79 Å². The molecule has 1 aliphatic rings. The average Bonchev–Trinajstić information content (AvgIpc) is 2.68. The third-order valence-electron chi connectivity index (χ3n) is 4.43. The molecule has 2 aromatic rings. The van der Waals surface area contributed by atoms with Gasteiger partial charge in [-0.2, -0.15) is 0 Å². The number of likely N-dealkylation sites (N-methyl/N-ethyl adjacent to an activating group) is 1. The van der Waals surface area contributed by atoms with Gasteiger partial charge in [0.05, 0.1) is 6.10 Å². The van der Waals surface area contributed by atoms with E-state index in [0.29, 0.717) is 13.2 Å². The van der Waals surface area contributed by atoms with Crippen LogP contribution in [0.4, 0.5) is 10.5 Å². The molecule has 1 atom stereocenters. The molecule has 26 heavy (non-hydrogen) atoms. The second-order valence-corrected chi connectivity index (χ2v) is 6.60. The van der Waals surface area contributed by atoms with Gasteiger partial charge in [0.2, 0.25) is 0 Å². The first-order chi connectivity index (χ1) is 12.7. The van der Waals surface area contributed by atoms with E-state index in [-0.39, 0.29) is 12.1 Å². The molecule has 1 fully saturated rings. The van der Waals surface area contributed by atoms with Gasteiger partial charge in [-0.15, -0.1) is 0 Å². The number of amides is 2. The lowest BCUT2D eigenvalue weighted by Gasteiger charge is -2.27. The van der Waals surface area contributed by atoms with Crippen molar-refractivity contribution in [3.05, 3.63) is 60.2 Å². The van der Waals surface area contributed by atoms with Crippen molar-refractivity contribution in [3.63, 3.8) is 0 Å². The number of carbonyl (C=O) groups excluding carboxylic acids is 1. The van der Waals surface area contributed by atoms with Crippen LogP contribution in [-0.2, 0) is 11.3 Å². The Bertz CT molecular complexity index is 699. The molecule has 1 aliphatic heterocycles. The summed E-state index contributed by atoms with van der Waals surface area (Å²) < 4.78 is 11.5. The first kappa shape index (κ1) is 18.3. The van der Waals surface area contributed by atoms with Crippen LogP contribution in [0, 0.1) is 0 Å². The number of rotatable bonds is 6. The van der Waals surface area contributed by atoms with E-state index >= 15 is 0 Å². The summed E-state index contributed by atoms with van der Waals surface area (Å²) in [6.45, 7) is 1.90. The fourth-order valence-electron chi connectivity index (χ4n) is 2.96. The topological polar surface area (TPSA) is 50.8 Å². The van der Waals surface area contributed by atoms with Crippen LogP contribution >= 0.6 is 0 Å². The molecule has 1 N–H and O–H groups in total. The van der Waals surface area contributed by atoms with E-state index in [0.717, 1.165) is 36.4 Å². The molecule has 2 aromatic carbocycles. The molecule has 1 saturated heterocycles. The highest BCUT2D eigenvalue weighted by Gasteiger charge is 2.18. The minimum Gasteiger partial charge on any atom is -0.489 e. The van der Waals surface area contributed by atoms with Gasteiger partial charge in [0.1, 0.15) is 12.4 Å². The van der Waals surface area contributed by atoms with Gasteiger partial charge in [0, 0.05) is 32.0 Å². The standard InChI is InChI=1S/C21H26N2O3/c1-23(15-20-11-5-6-13-25-20)21(24)22-18-10-7-12-19(14-18)26-16-17-8-3-2-4-9-17/h2-4,7-10,12,14,20H,5-6,11,13,15-16H2,1H3,(H,22,24). The van der Waals surface area contributed by atoms with Crippen molar-refractivity contribution in [2.75, 3.05) is 25.5 Å². The van der Waals surface area contributed by atoms with Gasteiger partial charge >= 0.3 is 6.03 Å². The highest BCUT2D eigenvalue weighted by atomic mass is 16.5. The Morgan fingerprint density at radius 2 is 2.04 bits per heavy atom. The van der Waals surface area contributed by atoms with Gasteiger partial charge in [-0.3, -0.25) is 0 Å². The van der Waals surface area contributed by atoms with Gasteiger partial charge in [-0.05, 0) is 37.0 Å². The molecule has 3 rings (SSSR count). The monoisotopic (exact) mass is 354 g/mol. The van der Waals surface area contributed by atoms with E-state index in [2.05, 4.69) is 5.32 Å². The van der Waals surface area contributed by atoms with Crippen molar-refractivity contribution in [1.29, 1.82) is 0 Å². The van der Waals surface area contributed by atoms with Crippen molar-refractivity contribution < 1.29 is 14.3 Å². The predicted molar refractivity (Wildman–Crippen MR) is 102 cm³/mol. The summed E-state index contributed by atoms with van der Waals surface area (Å²) in [5, 5.41) is 2.92. The second kappa shape index (κ2) is 9.25. The van der Waals surface area contributed by atoms with E-state index in [1.807, 2.05) is 54.6 Å². The third-order valence-corrected chi connectivity index (χ3v) is 4.43. The Hall–Kier alpha value is -2.53. The van der Waals surface area contributed by atoms with Crippen molar-refractivity contribution >= 4 is 11.7 Å². The van der Waals surface area contributed by atoms with Crippen LogP contribution in [0.1, 0.15) is 24.8 Å². The lowest BCUT2D eigenvalue weighted by atomic mass is 10.1. The molecule has 138 valence electrons. The Morgan fingerprint density at radius 3 is 2.81 bits per heavy atom. The zero-order valence-corrected chi connectivity index (χ0v) is 15.2. The third kappa shape index (κ3) is 5.49. The lowest BCUT2D eigenvalue weighted by molar-refractivity contribution is 0.00463. The second-order valence-electron chi connectivity index (χ2n) is 6.60. The number of hydrogen-bond acceptors (Lipinski definition) is 3. The normalized spacial score (nSPS) is 16.7. The molecular formula is C21H26N2O3. The van der Waals surface area contributed by atoms with Crippen LogP contribution in [0.25, 0.3) is 0 Å². The zero-order chi connectivity index (χ0) is 18.2. The molecule has 1 unspecified atom stereocenters. The average molecular weight is 354 g/mol. The molecule has 0 aliphatic carbocycles. The number of hydrogen-bond donors (Lipinski definition) is 1. The molecule has 0 saturated carbocycles. The largest absolute Gasteiger partial charge is 0.489 e. The Labute approximate surface area is 154 Å². The quantitative estimate of drug-likeness (QED) is 0.841. The van der Waals surface area contributed by atoms with Gasteiger partial charge in [-0.1, -0.05) is 36.4 Å². The molecule has 5 heteroatoms. The van der Waals surface area contributed by atoms with Crippen molar-refractivity contribution in [1.82, 2.24) is 4.90 Å². The van der Waals surface area contributed by atoms with E-state index < -0.39 is 0 Å². The van der Waals surface area contributed by atoms with Gasteiger partial charge in [0.15, 0.2) is 0 Å². The Balaban J connectivity index is 1.51. The van der Waals surface area contributed by atoms with Crippen LogP contribution < -0.4 is 10.1 Å². The Kier molecular flexibility index (Phi) is 6.50. The number of nitrogens with zero attached hydrogens (tertiary/aromatic N) is 1. The van der Waals surface area contributed by atoms with E-state index in [9.17, 15) is 4.79 Å². The van der Waals surface area contributed by atoms with Gasteiger partial charge < -0.3 is 19.7 Å². The van der Waals surface area contributed by atoms with E-state index in [1.165, 1.54) is 6.42 Å². The van der Waals surface area contributed by atoms with Crippen LogP contribution in [0.15, 0.2) is 54.6 Å². The number of urea groups is 1. The summed E-state index contributed by atoms with van der Waals surface area (Å²) in [6.07, 6.45) is 3.43. The first-order valence-electron chi connectivity index (χ1n) is 9.11. The summed E-state index contributed by atoms with van der Waals surface area (Å²) in [5.41, 5.74) is 1.83. The number of carbonyl (C=O) groups is 1. The highest BCUT2D eigenvalue weighted by molar-refractivity contribution is 5.89. The summed E-state index contributed by atoms with van der Waals surface area (Å²) in [7, 11) is 1.79. The summed E-state index contributed by atoms with van der Waals surface area (Å²) in [4.78, 5) is 14.1. The van der Waals surface area contributed by atoms with Crippen molar-refractivity contribution in [2.24, 2.45) is 0 Å². The molecular weight excluding hydrogens is 328 g/mol. The zero-order valence-electron chi connectivity index (χ0n) is 15.2. The maximum atomic E-state index is 12.4. The fraction of sp³-hybridized carbons (Fsp3) is 0.381. The lowest BCUT2D eigenvalue weighted by Crippen LogP contribution is -2.39. The number of benzene rings is 2. The van der Waals surface area contributed by atoms with E-state index in [4.69, 9.17) is 9.47 Å².